The van der Waals surface area contributed by atoms with Crippen molar-refractivity contribution >= 4 is 16.7 Å². The van der Waals surface area contributed by atoms with Gasteiger partial charge in [-0.05, 0) is 13.0 Å². The number of H-pyrrole nitrogens is 1. The number of rotatable bonds is 0. The number of nitrogen functional groups attached to an aromatic ring is 1. The molecule has 0 aliphatic rings. The molecule has 0 radical (unpaired) electrons. The van der Waals surface area contributed by atoms with Crippen molar-refractivity contribution in [2.24, 2.45) is 0 Å². The number of aryl methyl sites for hydroxylation is 1. The molecule has 0 unspecified atom stereocenters. The van der Waals surface area contributed by atoms with E-state index in [1.807, 2.05) is 13.0 Å². The van der Waals surface area contributed by atoms with E-state index >= 15 is 0 Å². The number of anilines is 1. The Labute approximate surface area is 88.9 Å². The van der Waals surface area contributed by atoms with Crippen LogP contribution < -0.4 is 5.73 Å². The molecule has 0 saturated heterocycles. The topological polar surface area (TPSA) is 67.6 Å². The second-order valence-electron chi connectivity index (χ2n) is 4.88. The third-order valence-electron chi connectivity index (χ3n) is 2.53. The second kappa shape index (κ2) is 2.95. The Hall–Kier alpha value is -1.58. The minimum atomic E-state index is 0.0259. The van der Waals surface area contributed by atoms with Gasteiger partial charge in [0.15, 0.2) is 5.65 Å². The highest BCUT2D eigenvalue weighted by Gasteiger charge is 2.20. The van der Waals surface area contributed by atoms with Gasteiger partial charge in [0, 0.05) is 10.8 Å². The van der Waals surface area contributed by atoms with E-state index in [1.165, 1.54) is 0 Å². The number of aromatic nitrogens is 3. The minimum absolute atomic E-state index is 0.0259. The fraction of sp³-hybridized carbons (Fsp3) is 0.455. The zero-order chi connectivity index (χ0) is 11.2. The summed E-state index contributed by atoms with van der Waals surface area (Å²) in [6, 6.07) is 1.95. The first-order valence-corrected chi connectivity index (χ1v) is 5.01. The lowest BCUT2D eigenvalue weighted by molar-refractivity contribution is 0.571. The zero-order valence-electron chi connectivity index (χ0n) is 9.55. The Morgan fingerprint density at radius 2 is 2.00 bits per heavy atom. The van der Waals surface area contributed by atoms with E-state index in [9.17, 15) is 0 Å². The van der Waals surface area contributed by atoms with E-state index in [1.54, 1.807) is 0 Å². The summed E-state index contributed by atoms with van der Waals surface area (Å²) in [5.41, 5.74) is 9.25. The van der Waals surface area contributed by atoms with Gasteiger partial charge in [-0.15, -0.1) is 0 Å². The zero-order valence-corrected chi connectivity index (χ0v) is 9.55. The first-order valence-electron chi connectivity index (χ1n) is 5.01. The Morgan fingerprint density at radius 1 is 1.33 bits per heavy atom. The summed E-state index contributed by atoms with van der Waals surface area (Å²) >= 11 is 0. The third-order valence-corrected chi connectivity index (χ3v) is 2.53. The van der Waals surface area contributed by atoms with Gasteiger partial charge in [0.1, 0.15) is 0 Å². The van der Waals surface area contributed by atoms with E-state index < -0.39 is 0 Å². The molecule has 0 saturated carbocycles. The monoisotopic (exact) mass is 204 g/mol. The molecule has 0 bridgehead atoms. The number of fused-ring (bicyclic) bond motifs is 1. The van der Waals surface area contributed by atoms with Crippen LogP contribution in [0, 0.1) is 6.92 Å². The fourth-order valence-corrected chi connectivity index (χ4v) is 1.62. The second-order valence-corrected chi connectivity index (χ2v) is 4.88. The quantitative estimate of drug-likeness (QED) is 0.691. The van der Waals surface area contributed by atoms with Crippen molar-refractivity contribution in [1.82, 2.24) is 15.2 Å². The van der Waals surface area contributed by atoms with Gasteiger partial charge in [0.05, 0.1) is 17.1 Å². The van der Waals surface area contributed by atoms with E-state index in [0.717, 1.165) is 28.1 Å². The maximum Gasteiger partial charge on any atom is 0.181 e. The average molecular weight is 204 g/mol. The highest BCUT2D eigenvalue weighted by molar-refractivity contribution is 5.82. The number of nitrogens with zero attached hydrogens (tertiary/aromatic N) is 2. The smallest absolute Gasteiger partial charge is 0.181 e. The average Bonchev–Trinajstić information content (AvgIpc) is 2.47. The number of pyridine rings is 1. The van der Waals surface area contributed by atoms with Crippen LogP contribution in [0.15, 0.2) is 6.07 Å². The molecular weight excluding hydrogens is 188 g/mol. The normalized spacial score (nSPS) is 12.3. The maximum absolute atomic E-state index is 5.85. The lowest BCUT2D eigenvalue weighted by atomic mass is 9.90. The van der Waals surface area contributed by atoms with Crippen molar-refractivity contribution in [3.63, 3.8) is 0 Å². The summed E-state index contributed by atoms with van der Waals surface area (Å²) in [6.45, 7) is 8.29. The van der Waals surface area contributed by atoms with Crippen LogP contribution in [0.1, 0.15) is 32.2 Å². The van der Waals surface area contributed by atoms with E-state index in [0.29, 0.717) is 0 Å². The van der Waals surface area contributed by atoms with Gasteiger partial charge in [0.25, 0.3) is 0 Å². The molecule has 2 aromatic heterocycles. The first kappa shape index (κ1) is 9.96. The SMILES string of the molecule is Cc1nc2n[nH]c(C(C)(C)C)c2cc1N. The van der Waals surface area contributed by atoms with Crippen LogP contribution in [0.25, 0.3) is 11.0 Å². The molecule has 4 nitrogen and oxygen atoms in total. The number of nitrogens with two attached hydrogens (primary N) is 1. The molecule has 3 N–H and O–H groups in total. The van der Waals surface area contributed by atoms with Crippen LogP contribution in [-0.4, -0.2) is 15.2 Å². The van der Waals surface area contributed by atoms with E-state index in [-0.39, 0.29) is 5.41 Å². The van der Waals surface area contributed by atoms with Crippen molar-refractivity contribution < 1.29 is 0 Å². The summed E-state index contributed by atoms with van der Waals surface area (Å²) in [6.07, 6.45) is 0. The first-order chi connectivity index (χ1) is 6.89. The molecule has 4 heteroatoms. The van der Waals surface area contributed by atoms with Crippen LogP contribution in [-0.2, 0) is 5.41 Å². The number of aromatic amines is 1. The number of nitrogens with one attached hydrogen (secondary N) is 1. The van der Waals surface area contributed by atoms with Crippen molar-refractivity contribution in [3.8, 4) is 0 Å². The van der Waals surface area contributed by atoms with Gasteiger partial charge in [-0.2, -0.15) is 5.10 Å². The summed E-state index contributed by atoms with van der Waals surface area (Å²) in [5.74, 6) is 0. The summed E-state index contributed by atoms with van der Waals surface area (Å²) in [7, 11) is 0. The van der Waals surface area contributed by atoms with Gasteiger partial charge >= 0.3 is 0 Å². The lowest BCUT2D eigenvalue weighted by Crippen LogP contribution is -2.12. The van der Waals surface area contributed by atoms with Gasteiger partial charge in [0.2, 0.25) is 0 Å². The van der Waals surface area contributed by atoms with Crippen LogP contribution in [0.3, 0.4) is 0 Å². The molecule has 0 amide bonds. The minimum Gasteiger partial charge on any atom is -0.397 e. The molecule has 0 aromatic carbocycles. The Morgan fingerprint density at radius 3 is 2.60 bits per heavy atom. The van der Waals surface area contributed by atoms with Gasteiger partial charge < -0.3 is 5.73 Å². The molecule has 2 heterocycles. The molecular formula is C11H16N4. The molecule has 0 spiro atoms. The molecule has 15 heavy (non-hydrogen) atoms. The predicted molar refractivity (Wildman–Crippen MR) is 61.7 cm³/mol. The summed E-state index contributed by atoms with van der Waals surface area (Å²) in [5, 5.41) is 8.25. The molecule has 0 aliphatic heterocycles. The predicted octanol–water partition coefficient (Wildman–Crippen LogP) is 2.15. The van der Waals surface area contributed by atoms with E-state index in [4.69, 9.17) is 5.73 Å². The third kappa shape index (κ3) is 1.56. The largest absolute Gasteiger partial charge is 0.397 e. The fourth-order valence-electron chi connectivity index (χ4n) is 1.62. The summed E-state index contributed by atoms with van der Waals surface area (Å²) in [4.78, 5) is 4.34. The van der Waals surface area contributed by atoms with Crippen molar-refractivity contribution in [2.45, 2.75) is 33.1 Å². The van der Waals surface area contributed by atoms with Crippen molar-refractivity contribution in [2.75, 3.05) is 5.73 Å². The molecule has 0 fully saturated rings. The number of hydrogen-bond donors (Lipinski definition) is 2. The molecule has 2 aromatic rings. The van der Waals surface area contributed by atoms with E-state index in [2.05, 4.69) is 36.0 Å². The standard InChI is InChI=1S/C11H16N4/c1-6-8(12)5-7-9(11(2,3)4)14-15-10(7)13-6/h5H,12H2,1-4H3,(H,13,14,15). The van der Waals surface area contributed by atoms with Crippen LogP contribution in [0.2, 0.25) is 0 Å². The van der Waals surface area contributed by atoms with Crippen LogP contribution in [0.5, 0.6) is 0 Å². The highest BCUT2D eigenvalue weighted by atomic mass is 15.2. The summed E-state index contributed by atoms with van der Waals surface area (Å²) < 4.78 is 0. The Bertz CT molecular complexity index is 505. The highest BCUT2D eigenvalue weighted by Crippen LogP contribution is 2.28. The molecule has 2 rings (SSSR count). The maximum atomic E-state index is 5.85. The molecule has 0 atom stereocenters. The van der Waals surface area contributed by atoms with Crippen LogP contribution in [0.4, 0.5) is 5.69 Å². The number of hydrogen-bond acceptors (Lipinski definition) is 3. The molecule has 80 valence electrons. The van der Waals surface area contributed by atoms with Crippen molar-refractivity contribution in [3.05, 3.63) is 17.5 Å². The lowest BCUT2D eigenvalue weighted by Gasteiger charge is -2.16. The Kier molecular flexibility index (Phi) is 1.96. The van der Waals surface area contributed by atoms with Crippen molar-refractivity contribution in [1.29, 1.82) is 0 Å². The molecule has 0 aliphatic carbocycles. The van der Waals surface area contributed by atoms with Gasteiger partial charge in [-0.1, -0.05) is 20.8 Å². The van der Waals surface area contributed by atoms with Gasteiger partial charge in [-0.3, -0.25) is 5.10 Å². The van der Waals surface area contributed by atoms with Gasteiger partial charge in [-0.25, -0.2) is 4.98 Å². The Balaban J connectivity index is 2.75. The van der Waals surface area contributed by atoms with Crippen LogP contribution >= 0.6 is 0 Å².